The second kappa shape index (κ2) is 5.82. The number of nitrogen functional groups attached to an aromatic ring is 1. The van der Waals surface area contributed by atoms with Gasteiger partial charge in [0.2, 0.25) is 0 Å². The van der Waals surface area contributed by atoms with Crippen molar-refractivity contribution in [2.24, 2.45) is 0 Å². The molecule has 5 heteroatoms. The van der Waals surface area contributed by atoms with E-state index in [0.717, 1.165) is 20.1 Å². The molecule has 0 spiro atoms. The van der Waals surface area contributed by atoms with Gasteiger partial charge in [-0.3, -0.25) is 4.98 Å². The van der Waals surface area contributed by atoms with E-state index in [-0.39, 0.29) is 0 Å². The fourth-order valence-corrected chi connectivity index (χ4v) is 2.53. The van der Waals surface area contributed by atoms with Crippen LogP contribution < -0.4 is 5.73 Å². The Morgan fingerprint density at radius 2 is 1.94 bits per heavy atom. The summed E-state index contributed by atoms with van der Waals surface area (Å²) in [4.78, 5) is 4.07. The molecule has 0 aliphatic heterocycles. The summed E-state index contributed by atoms with van der Waals surface area (Å²) in [5, 5.41) is 10.2. The van der Waals surface area contributed by atoms with Gasteiger partial charge in [-0.1, -0.05) is 15.9 Å². The maximum Gasteiger partial charge on any atom is 0.0851 e. The first kappa shape index (κ1) is 13.5. The van der Waals surface area contributed by atoms with E-state index in [1.54, 1.807) is 18.5 Å². The standard InChI is InChI=1S/C13H12Br2N2O/c14-9-1-2-12(16)11(5-9)13(18)4-8-3-10(15)7-17-6-8/h1-3,5-7,13,18H,4,16H2. The van der Waals surface area contributed by atoms with Crippen molar-refractivity contribution in [1.29, 1.82) is 0 Å². The van der Waals surface area contributed by atoms with Gasteiger partial charge in [0.1, 0.15) is 0 Å². The number of aliphatic hydroxyl groups excluding tert-OH is 1. The van der Waals surface area contributed by atoms with Gasteiger partial charge in [-0.2, -0.15) is 0 Å². The Morgan fingerprint density at radius 3 is 2.67 bits per heavy atom. The van der Waals surface area contributed by atoms with Crippen molar-refractivity contribution in [2.75, 3.05) is 5.73 Å². The average molecular weight is 372 g/mol. The Bertz CT molecular complexity index is 560. The molecule has 1 unspecified atom stereocenters. The van der Waals surface area contributed by atoms with E-state index in [4.69, 9.17) is 5.73 Å². The first-order chi connectivity index (χ1) is 8.56. The number of benzene rings is 1. The van der Waals surface area contributed by atoms with Crippen LogP contribution in [0.15, 0.2) is 45.6 Å². The molecule has 18 heavy (non-hydrogen) atoms. The maximum absolute atomic E-state index is 10.2. The van der Waals surface area contributed by atoms with E-state index in [2.05, 4.69) is 36.8 Å². The highest BCUT2D eigenvalue weighted by atomic mass is 79.9. The second-order valence-electron chi connectivity index (χ2n) is 4.00. The summed E-state index contributed by atoms with van der Waals surface area (Å²) in [6.45, 7) is 0. The minimum Gasteiger partial charge on any atom is -0.398 e. The number of halogens is 2. The molecule has 0 radical (unpaired) electrons. The maximum atomic E-state index is 10.2. The largest absolute Gasteiger partial charge is 0.398 e. The number of aromatic nitrogens is 1. The Morgan fingerprint density at radius 1 is 1.17 bits per heavy atom. The van der Waals surface area contributed by atoms with Crippen molar-refractivity contribution >= 4 is 37.5 Å². The van der Waals surface area contributed by atoms with Crippen LogP contribution in [0.3, 0.4) is 0 Å². The third-order valence-corrected chi connectivity index (χ3v) is 3.53. The zero-order valence-corrected chi connectivity index (χ0v) is 12.6. The van der Waals surface area contributed by atoms with Crippen molar-refractivity contribution in [1.82, 2.24) is 4.98 Å². The lowest BCUT2D eigenvalue weighted by Gasteiger charge is -2.14. The highest BCUT2D eigenvalue weighted by Gasteiger charge is 2.12. The Labute approximate surface area is 122 Å². The fourth-order valence-electron chi connectivity index (χ4n) is 1.73. The van der Waals surface area contributed by atoms with Gasteiger partial charge in [-0.05, 0) is 45.8 Å². The average Bonchev–Trinajstić information content (AvgIpc) is 2.32. The van der Waals surface area contributed by atoms with Crippen LogP contribution in [0.2, 0.25) is 0 Å². The van der Waals surface area contributed by atoms with Gasteiger partial charge >= 0.3 is 0 Å². The molecule has 0 aliphatic rings. The zero-order chi connectivity index (χ0) is 13.1. The molecule has 0 saturated carbocycles. The summed E-state index contributed by atoms with van der Waals surface area (Å²) in [6.07, 6.45) is 3.29. The molecule has 0 amide bonds. The molecule has 2 rings (SSSR count). The van der Waals surface area contributed by atoms with Crippen LogP contribution in [-0.4, -0.2) is 10.1 Å². The normalized spacial score (nSPS) is 12.4. The molecule has 0 bridgehead atoms. The molecule has 2 aromatic rings. The van der Waals surface area contributed by atoms with E-state index in [1.165, 1.54) is 0 Å². The number of nitrogens with two attached hydrogens (primary N) is 1. The lowest BCUT2D eigenvalue weighted by atomic mass is 10.0. The van der Waals surface area contributed by atoms with E-state index < -0.39 is 6.10 Å². The Balaban J connectivity index is 2.21. The van der Waals surface area contributed by atoms with Crippen LogP contribution in [0, 0.1) is 0 Å². The number of hydrogen-bond acceptors (Lipinski definition) is 3. The predicted molar refractivity (Wildman–Crippen MR) is 79.2 cm³/mol. The van der Waals surface area contributed by atoms with Gasteiger partial charge in [0.05, 0.1) is 6.10 Å². The summed E-state index contributed by atoms with van der Waals surface area (Å²) >= 11 is 6.73. The van der Waals surface area contributed by atoms with Gasteiger partial charge < -0.3 is 10.8 Å². The van der Waals surface area contributed by atoms with E-state index >= 15 is 0 Å². The first-order valence-corrected chi connectivity index (χ1v) is 6.97. The van der Waals surface area contributed by atoms with Gasteiger partial charge in [-0.15, -0.1) is 0 Å². The minimum atomic E-state index is -0.640. The van der Waals surface area contributed by atoms with Crippen LogP contribution in [0.4, 0.5) is 5.69 Å². The molecule has 3 nitrogen and oxygen atoms in total. The van der Waals surface area contributed by atoms with Gasteiger partial charge in [0.25, 0.3) is 0 Å². The Kier molecular flexibility index (Phi) is 4.37. The fraction of sp³-hybridized carbons (Fsp3) is 0.154. The quantitative estimate of drug-likeness (QED) is 0.812. The molecule has 1 atom stereocenters. The SMILES string of the molecule is Nc1ccc(Br)cc1C(O)Cc1cncc(Br)c1. The molecule has 0 fully saturated rings. The van der Waals surface area contributed by atoms with E-state index in [0.29, 0.717) is 12.1 Å². The number of hydrogen-bond donors (Lipinski definition) is 2. The predicted octanol–water partition coefficient (Wildman–Crippen LogP) is 3.46. The number of nitrogens with zero attached hydrogens (tertiary/aromatic N) is 1. The molecule has 94 valence electrons. The smallest absolute Gasteiger partial charge is 0.0851 e. The molecule has 0 saturated heterocycles. The third kappa shape index (κ3) is 3.31. The van der Waals surface area contributed by atoms with Crippen LogP contribution in [0.25, 0.3) is 0 Å². The number of pyridine rings is 1. The van der Waals surface area contributed by atoms with Gasteiger partial charge in [0.15, 0.2) is 0 Å². The van der Waals surface area contributed by atoms with Crippen LogP contribution in [0.5, 0.6) is 0 Å². The molecular formula is C13H12Br2N2O. The van der Waals surface area contributed by atoms with Crippen LogP contribution in [0.1, 0.15) is 17.2 Å². The zero-order valence-electron chi connectivity index (χ0n) is 9.48. The highest BCUT2D eigenvalue weighted by molar-refractivity contribution is 9.10. The molecule has 1 heterocycles. The number of rotatable bonds is 3. The number of aliphatic hydroxyl groups is 1. The van der Waals surface area contributed by atoms with Crippen molar-refractivity contribution in [2.45, 2.75) is 12.5 Å². The van der Waals surface area contributed by atoms with Gasteiger partial charge in [-0.25, -0.2) is 0 Å². The molecule has 3 N–H and O–H groups in total. The summed E-state index contributed by atoms with van der Waals surface area (Å²) in [7, 11) is 0. The summed E-state index contributed by atoms with van der Waals surface area (Å²) in [5.74, 6) is 0. The van der Waals surface area contributed by atoms with Gasteiger partial charge in [0, 0.05) is 39.0 Å². The third-order valence-electron chi connectivity index (χ3n) is 2.60. The first-order valence-electron chi connectivity index (χ1n) is 5.38. The monoisotopic (exact) mass is 370 g/mol. The topological polar surface area (TPSA) is 59.1 Å². The highest BCUT2D eigenvalue weighted by Crippen LogP contribution is 2.27. The minimum absolute atomic E-state index is 0.479. The molecule has 1 aromatic heterocycles. The lowest BCUT2D eigenvalue weighted by molar-refractivity contribution is 0.179. The van der Waals surface area contributed by atoms with E-state index in [1.807, 2.05) is 18.2 Å². The molecule has 0 aliphatic carbocycles. The number of anilines is 1. The summed E-state index contributed by atoms with van der Waals surface area (Å²) in [5.41, 5.74) is 8.14. The van der Waals surface area contributed by atoms with Crippen molar-refractivity contribution in [3.8, 4) is 0 Å². The Hall–Kier alpha value is -0.910. The van der Waals surface area contributed by atoms with Crippen molar-refractivity contribution in [3.63, 3.8) is 0 Å². The van der Waals surface area contributed by atoms with Crippen LogP contribution >= 0.6 is 31.9 Å². The summed E-state index contributed by atoms with van der Waals surface area (Å²) < 4.78 is 1.80. The lowest BCUT2D eigenvalue weighted by Crippen LogP contribution is -2.05. The van der Waals surface area contributed by atoms with Crippen LogP contribution in [-0.2, 0) is 6.42 Å². The van der Waals surface area contributed by atoms with Crippen molar-refractivity contribution in [3.05, 3.63) is 56.7 Å². The van der Waals surface area contributed by atoms with E-state index in [9.17, 15) is 5.11 Å². The molecular weight excluding hydrogens is 360 g/mol. The second-order valence-corrected chi connectivity index (χ2v) is 5.84. The summed E-state index contributed by atoms with van der Waals surface area (Å²) in [6, 6.07) is 7.41. The molecule has 1 aromatic carbocycles. The van der Waals surface area contributed by atoms with Crippen molar-refractivity contribution < 1.29 is 5.11 Å².